The monoisotopic (exact) mass is 373 g/mol. The van der Waals surface area contributed by atoms with Crippen molar-refractivity contribution in [1.82, 2.24) is 10.1 Å². The molecule has 1 saturated heterocycles. The van der Waals surface area contributed by atoms with Crippen molar-refractivity contribution in [1.29, 1.82) is 0 Å². The van der Waals surface area contributed by atoms with E-state index in [1.807, 2.05) is 18.2 Å². The van der Waals surface area contributed by atoms with Gasteiger partial charge in [0.25, 0.3) is 5.91 Å². The second-order valence-electron chi connectivity index (χ2n) is 6.20. The molecule has 1 aromatic carbocycles. The number of methoxy groups -OCH3 is 1. The van der Waals surface area contributed by atoms with E-state index in [1.54, 1.807) is 25.0 Å². The first kappa shape index (κ1) is 17.0. The summed E-state index contributed by atoms with van der Waals surface area (Å²) in [5.41, 5.74) is 1.10. The highest BCUT2D eigenvalue weighted by Gasteiger charge is 2.28. The fraction of sp³-hybridized carbons (Fsp3) is 0.389. The minimum Gasteiger partial charge on any atom is -0.497 e. The second kappa shape index (κ2) is 7.05. The first-order valence-corrected chi connectivity index (χ1v) is 9.27. The van der Waals surface area contributed by atoms with Crippen molar-refractivity contribution in [2.24, 2.45) is 0 Å². The quantitative estimate of drug-likeness (QED) is 0.682. The van der Waals surface area contributed by atoms with Crippen molar-refractivity contribution in [3.8, 4) is 5.75 Å². The Morgan fingerprint density at radius 1 is 1.42 bits per heavy atom. The number of hydrogen-bond acceptors (Lipinski definition) is 7. The zero-order valence-corrected chi connectivity index (χ0v) is 15.4. The minimum atomic E-state index is -0.233. The molecule has 3 aromatic rings. The SMILES string of the molecule is COc1ccc2nc(N(C[C@H]3CCCO3)C(=O)c3cc(C)on3)sc2c1. The number of aromatic nitrogens is 2. The zero-order chi connectivity index (χ0) is 18.1. The third-order valence-electron chi connectivity index (χ3n) is 4.32. The summed E-state index contributed by atoms with van der Waals surface area (Å²) < 4.78 is 17.0. The van der Waals surface area contributed by atoms with Crippen molar-refractivity contribution < 1.29 is 18.8 Å². The van der Waals surface area contributed by atoms with Gasteiger partial charge in [-0.1, -0.05) is 16.5 Å². The van der Waals surface area contributed by atoms with Gasteiger partial charge in [-0.2, -0.15) is 0 Å². The van der Waals surface area contributed by atoms with Crippen molar-refractivity contribution in [2.75, 3.05) is 25.2 Å². The predicted molar refractivity (Wildman–Crippen MR) is 98.1 cm³/mol. The molecule has 0 unspecified atom stereocenters. The van der Waals surface area contributed by atoms with Crippen molar-refractivity contribution in [3.63, 3.8) is 0 Å². The Hall–Kier alpha value is -2.45. The largest absolute Gasteiger partial charge is 0.497 e. The summed E-state index contributed by atoms with van der Waals surface area (Å²) in [6.07, 6.45) is 1.95. The number of aryl methyl sites for hydroxylation is 1. The summed E-state index contributed by atoms with van der Waals surface area (Å²) in [6.45, 7) is 2.94. The lowest BCUT2D eigenvalue weighted by molar-refractivity contribution is 0.0910. The van der Waals surface area contributed by atoms with Crippen LogP contribution in [0.4, 0.5) is 5.13 Å². The molecule has 0 radical (unpaired) electrons. The highest BCUT2D eigenvalue weighted by atomic mass is 32.1. The van der Waals surface area contributed by atoms with Gasteiger partial charge in [-0.15, -0.1) is 0 Å². The van der Waals surface area contributed by atoms with E-state index in [2.05, 4.69) is 10.1 Å². The maximum atomic E-state index is 13.0. The molecule has 7 nitrogen and oxygen atoms in total. The lowest BCUT2D eigenvalue weighted by Crippen LogP contribution is -2.37. The van der Waals surface area contributed by atoms with Crippen LogP contribution in [0, 0.1) is 6.92 Å². The molecular formula is C18H19N3O4S. The smallest absolute Gasteiger partial charge is 0.282 e. The van der Waals surface area contributed by atoms with Gasteiger partial charge in [-0.25, -0.2) is 4.98 Å². The summed E-state index contributed by atoms with van der Waals surface area (Å²) in [5.74, 6) is 1.12. The molecule has 1 aliphatic heterocycles. The molecule has 1 aliphatic rings. The molecule has 0 saturated carbocycles. The lowest BCUT2D eigenvalue weighted by atomic mass is 10.2. The number of nitrogens with zero attached hydrogens (tertiary/aromatic N) is 3. The Kier molecular flexibility index (Phi) is 4.60. The second-order valence-corrected chi connectivity index (χ2v) is 7.21. The van der Waals surface area contributed by atoms with E-state index in [4.69, 9.17) is 14.0 Å². The molecule has 0 aliphatic carbocycles. The van der Waals surface area contributed by atoms with Gasteiger partial charge in [0, 0.05) is 12.7 Å². The number of thiazole rings is 1. The number of anilines is 1. The summed E-state index contributed by atoms with van der Waals surface area (Å²) in [6, 6.07) is 7.31. The average Bonchev–Trinajstić information content (AvgIpc) is 3.38. The maximum Gasteiger partial charge on any atom is 0.282 e. The summed E-state index contributed by atoms with van der Waals surface area (Å²) in [4.78, 5) is 19.3. The number of carbonyl (C=O) groups is 1. The number of benzene rings is 1. The van der Waals surface area contributed by atoms with Crippen LogP contribution in [0.3, 0.4) is 0 Å². The van der Waals surface area contributed by atoms with Gasteiger partial charge in [-0.3, -0.25) is 9.69 Å². The first-order chi connectivity index (χ1) is 12.6. The Labute approximate surface area is 154 Å². The summed E-state index contributed by atoms with van der Waals surface area (Å²) in [5, 5.41) is 4.49. The molecule has 0 spiro atoms. The Morgan fingerprint density at radius 3 is 3.00 bits per heavy atom. The molecule has 1 fully saturated rings. The molecule has 1 amide bonds. The van der Waals surface area contributed by atoms with Crippen molar-refractivity contribution in [2.45, 2.75) is 25.9 Å². The molecule has 2 aromatic heterocycles. The molecule has 136 valence electrons. The van der Waals surface area contributed by atoms with E-state index in [1.165, 1.54) is 11.3 Å². The minimum absolute atomic E-state index is 0.00787. The van der Waals surface area contributed by atoms with Crippen LogP contribution >= 0.6 is 11.3 Å². The number of rotatable bonds is 5. The zero-order valence-electron chi connectivity index (χ0n) is 14.6. The molecular weight excluding hydrogens is 354 g/mol. The Balaban J connectivity index is 1.70. The van der Waals surface area contributed by atoms with E-state index in [0.29, 0.717) is 17.4 Å². The molecule has 1 atom stereocenters. The number of fused-ring (bicyclic) bond motifs is 1. The van der Waals surface area contributed by atoms with Gasteiger partial charge in [0.1, 0.15) is 11.5 Å². The number of hydrogen-bond donors (Lipinski definition) is 0. The average molecular weight is 373 g/mol. The molecule has 0 bridgehead atoms. The van der Waals surface area contributed by atoms with Crippen LogP contribution in [0.25, 0.3) is 10.2 Å². The summed E-state index contributed by atoms with van der Waals surface area (Å²) in [7, 11) is 1.63. The van der Waals surface area contributed by atoms with E-state index >= 15 is 0 Å². The van der Waals surface area contributed by atoms with Crippen LogP contribution < -0.4 is 9.64 Å². The van der Waals surface area contributed by atoms with Crippen LogP contribution in [-0.4, -0.2) is 42.4 Å². The fourth-order valence-corrected chi connectivity index (χ4v) is 3.98. The van der Waals surface area contributed by atoms with Crippen LogP contribution in [-0.2, 0) is 4.74 Å². The van der Waals surface area contributed by atoms with Crippen LogP contribution in [0.15, 0.2) is 28.8 Å². The van der Waals surface area contributed by atoms with Crippen LogP contribution in [0.2, 0.25) is 0 Å². The number of ether oxygens (including phenoxy) is 2. The van der Waals surface area contributed by atoms with Crippen molar-refractivity contribution >= 4 is 32.6 Å². The molecule has 4 rings (SSSR count). The number of amides is 1. The highest BCUT2D eigenvalue weighted by Crippen LogP contribution is 2.33. The molecule has 26 heavy (non-hydrogen) atoms. The van der Waals surface area contributed by atoms with Gasteiger partial charge in [0.05, 0.1) is 30.0 Å². The van der Waals surface area contributed by atoms with E-state index < -0.39 is 0 Å². The molecule has 8 heteroatoms. The normalized spacial score (nSPS) is 16.9. The van der Waals surface area contributed by atoms with Crippen LogP contribution in [0.5, 0.6) is 5.75 Å². The van der Waals surface area contributed by atoms with Gasteiger partial charge < -0.3 is 14.0 Å². The topological polar surface area (TPSA) is 77.7 Å². The standard InChI is InChI=1S/C18H19N3O4S/c1-11-8-15(20-25-11)17(22)21(10-13-4-3-7-24-13)18-19-14-6-5-12(23-2)9-16(14)26-18/h5-6,8-9,13H,3-4,7,10H2,1-2H3/t13-/m1/s1. The van der Waals surface area contributed by atoms with E-state index in [9.17, 15) is 4.79 Å². The lowest BCUT2D eigenvalue weighted by Gasteiger charge is -2.21. The van der Waals surface area contributed by atoms with E-state index in [0.717, 1.165) is 35.4 Å². The van der Waals surface area contributed by atoms with E-state index in [-0.39, 0.29) is 17.7 Å². The number of carbonyl (C=O) groups excluding carboxylic acids is 1. The molecule has 0 N–H and O–H groups in total. The Morgan fingerprint density at radius 2 is 2.31 bits per heavy atom. The first-order valence-electron chi connectivity index (χ1n) is 8.45. The van der Waals surface area contributed by atoms with Crippen molar-refractivity contribution in [3.05, 3.63) is 35.7 Å². The van der Waals surface area contributed by atoms with Gasteiger partial charge in [-0.05, 0) is 38.0 Å². The summed E-state index contributed by atoms with van der Waals surface area (Å²) >= 11 is 1.45. The maximum absolute atomic E-state index is 13.0. The van der Waals surface area contributed by atoms with Gasteiger partial charge in [0.2, 0.25) is 0 Å². The highest BCUT2D eigenvalue weighted by molar-refractivity contribution is 7.22. The van der Waals surface area contributed by atoms with Gasteiger partial charge >= 0.3 is 0 Å². The third-order valence-corrected chi connectivity index (χ3v) is 5.36. The molecule has 3 heterocycles. The van der Waals surface area contributed by atoms with Gasteiger partial charge in [0.15, 0.2) is 10.8 Å². The predicted octanol–water partition coefficient (Wildman–Crippen LogP) is 3.43. The van der Waals surface area contributed by atoms with Crippen LogP contribution in [0.1, 0.15) is 29.1 Å². The fourth-order valence-electron chi connectivity index (χ4n) is 2.98. The third kappa shape index (κ3) is 3.30. The Bertz CT molecular complexity index is 930.